The number of aryl methyl sites for hydroxylation is 1. The van der Waals surface area contributed by atoms with E-state index in [1.165, 1.54) is 0 Å². The molecule has 0 spiro atoms. The van der Waals surface area contributed by atoms with E-state index in [2.05, 4.69) is 15.5 Å². The van der Waals surface area contributed by atoms with E-state index in [9.17, 15) is 4.79 Å². The van der Waals surface area contributed by atoms with Crippen LogP contribution in [0.3, 0.4) is 0 Å². The summed E-state index contributed by atoms with van der Waals surface area (Å²) in [4.78, 5) is 16.6. The van der Waals surface area contributed by atoms with Gasteiger partial charge in [-0.1, -0.05) is 35.5 Å². The fraction of sp³-hybridized carbons (Fsp3) is 0.250. The van der Waals surface area contributed by atoms with Crippen LogP contribution in [0.2, 0.25) is 0 Å². The van der Waals surface area contributed by atoms with Crippen molar-refractivity contribution in [3.05, 3.63) is 60.0 Å². The second-order valence-electron chi connectivity index (χ2n) is 6.30. The fourth-order valence-corrected chi connectivity index (χ4v) is 2.84. The molecule has 138 valence electrons. The first-order chi connectivity index (χ1) is 13.2. The number of nitrogens with zero attached hydrogens (tertiary/aromatic N) is 2. The van der Waals surface area contributed by atoms with Gasteiger partial charge in [0.25, 0.3) is 0 Å². The fourth-order valence-electron chi connectivity index (χ4n) is 2.84. The van der Waals surface area contributed by atoms with Crippen LogP contribution in [0, 0.1) is 0 Å². The summed E-state index contributed by atoms with van der Waals surface area (Å²) in [5.41, 5.74) is 1.89. The van der Waals surface area contributed by atoms with Gasteiger partial charge >= 0.3 is 0 Å². The zero-order chi connectivity index (χ0) is 18.6. The van der Waals surface area contributed by atoms with Gasteiger partial charge in [0.1, 0.15) is 6.04 Å². The lowest BCUT2D eigenvalue weighted by Crippen LogP contribution is -2.27. The molecule has 0 fully saturated rings. The lowest BCUT2D eigenvalue weighted by atomic mass is 10.1. The first kappa shape index (κ1) is 17.1. The van der Waals surface area contributed by atoms with E-state index in [4.69, 9.17) is 14.0 Å². The van der Waals surface area contributed by atoms with Crippen LogP contribution in [0.25, 0.3) is 11.4 Å². The van der Waals surface area contributed by atoms with Gasteiger partial charge in [0.2, 0.25) is 24.4 Å². The van der Waals surface area contributed by atoms with Crippen molar-refractivity contribution in [1.82, 2.24) is 15.5 Å². The lowest BCUT2D eigenvalue weighted by Gasteiger charge is -2.09. The molecule has 3 aromatic rings. The van der Waals surface area contributed by atoms with E-state index in [-0.39, 0.29) is 18.7 Å². The van der Waals surface area contributed by atoms with E-state index < -0.39 is 0 Å². The Balaban J connectivity index is 1.37. The molecule has 0 saturated carbocycles. The molecule has 0 aliphatic carbocycles. The van der Waals surface area contributed by atoms with E-state index >= 15 is 0 Å². The highest BCUT2D eigenvalue weighted by Crippen LogP contribution is 2.35. The Hall–Kier alpha value is -3.35. The number of hydrogen-bond acceptors (Lipinski definition) is 6. The quantitative estimate of drug-likeness (QED) is 0.721. The second kappa shape index (κ2) is 7.49. The molecule has 0 unspecified atom stereocenters. The van der Waals surface area contributed by atoms with E-state index in [0.717, 1.165) is 11.1 Å². The van der Waals surface area contributed by atoms with E-state index in [0.29, 0.717) is 36.1 Å². The lowest BCUT2D eigenvalue weighted by molar-refractivity contribution is -0.121. The molecule has 0 bridgehead atoms. The van der Waals surface area contributed by atoms with Gasteiger partial charge in [0.05, 0.1) is 0 Å². The smallest absolute Gasteiger partial charge is 0.249 e. The summed E-state index contributed by atoms with van der Waals surface area (Å²) < 4.78 is 16.0. The molecule has 1 N–H and O–H groups in total. The normalized spacial score (nSPS) is 13.4. The monoisotopic (exact) mass is 365 g/mol. The highest BCUT2D eigenvalue weighted by molar-refractivity contribution is 5.76. The van der Waals surface area contributed by atoms with Gasteiger partial charge in [-0.25, -0.2) is 0 Å². The minimum absolute atomic E-state index is 0.0609. The summed E-state index contributed by atoms with van der Waals surface area (Å²) in [5.74, 6) is 2.08. The largest absolute Gasteiger partial charge is 0.454 e. The molecule has 2 aromatic carbocycles. The van der Waals surface area contributed by atoms with Crippen LogP contribution in [0.15, 0.2) is 53.1 Å². The van der Waals surface area contributed by atoms with Crippen LogP contribution in [0.5, 0.6) is 11.5 Å². The minimum Gasteiger partial charge on any atom is -0.454 e. The maximum atomic E-state index is 12.2. The molecule has 1 aliphatic heterocycles. The summed E-state index contributed by atoms with van der Waals surface area (Å²) in [5, 5.41) is 6.89. The van der Waals surface area contributed by atoms with Crippen molar-refractivity contribution in [2.45, 2.75) is 25.8 Å². The number of hydrogen-bond donors (Lipinski definition) is 1. The van der Waals surface area contributed by atoms with Crippen LogP contribution < -0.4 is 14.8 Å². The molecule has 0 radical (unpaired) electrons. The van der Waals surface area contributed by atoms with Crippen LogP contribution in [-0.4, -0.2) is 22.8 Å². The van der Waals surface area contributed by atoms with Crippen LogP contribution in [-0.2, 0) is 11.2 Å². The van der Waals surface area contributed by atoms with E-state index in [1.54, 1.807) is 6.07 Å². The van der Waals surface area contributed by atoms with Crippen LogP contribution in [0.1, 0.15) is 30.8 Å². The predicted octanol–water partition coefficient (Wildman–Crippen LogP) is 3.28. The number of amides is 1. The predicted molar refractivity (Wildman–Crippen MR) is 97.2 cm³/mol. The molecule has 1 aliphatic rings. The molecule has 27 heavy (non-hydrogen) atoms. The molecule has 4 rings (SSSR count). The van der Waals surface area contributed by atoms with Crippen molar-refractivity contribution >= 4 is 5.91 Å². The van der Waals surface area contributed by atoms with E-state index in [1.807, 2.05) is 49.4 Å². The van der Waals surface area contributed by atoms with Crippen molar-refractivity contribution in [2.24, 2.45) is 0 Å². The number of fused-ring (bicyclic) bond motifs is 1. The van der Waals surface area contributed by atoms with Crippen molar-refractivity contribution in [3.63, 3.8) is 0 Å². The molecule has 1 atom stereocenters. The first-order valence-corrected chi connectivity index (χ1v) is 8.76. The third-order valence-electron chi connectivity index (χ3n) is 4.30. The molecule has 2 heterocycles. The molecule has 1 amide bonds. The van der Waals surface area contributed by atoms with Crippen molar-refractivity contribution < 1.29 is 18.8 Å². The van der Waals surface area contributed by atoms with Gasteiger partial charge in [-0.3, -0.25) is 4.79 Å². The Morgan fingerprint density at radius 3 is 2.81 bits per heavy atom. The highest BCUT2D eigenvalue weighted by Gasteiger charge is 2.19. The summed E-state index contributed by atoms with van der Waals surface area (Å²) in [7, 11) is 0. The molecular formula is C20H19N3O4. The Kier molecular flexibility index (Phi) is 4.74. The second-order valence-corrected chi connectivity index (χ2v) is 6.30. The number of benzene rings is 2. The molecule has 7 nitrogen and oxygen atoms in total. The molecular weight excluding hydrogens is 346 g/mol. The van der Waals surface area contributed by atoms with Gasteiger partial charge in [0, 0.05) is 12.0 Å². The SMILES string of the molecule is C[C@H](NC(=O)CCc1ccccc1)c1nc(-c2ccc3c(c2)OCO3)no1. The zero-order valence-electron chi connectivity index (χ0n) is 14.8. The topological polar surface area (TPSA) is 86.5 Å². The average Bonchev–Trinajstić information content (AvgIpc) is 3.36. The Labute approximate surface area is 156 Å². The summed E-state index contributed by atoms with van der Waals surface area (Å²) >= 11 is 0. The highest BCUT2D eigenvalue weighted by atomic mass is 16.7. The maximum absolute atomic E-state index is 12.2. The standard InChI is InChI=1S/C20H19N3O4/c1-13(21-18(24)10-7-14-5-3-2-4-6-14)20-22-19(23-27-20)15-8-9-16-17(11-15)26-12-25-16/h2-6,8-9,11,13H,7,10,12H2,1H3,(H,21,24)/t13-/m0/s1. The van der Waals surface area contributed by atoms with Crippen LogP contribution >= 0.6 is 0 Å². The Morgan fingerprint density at radius 1 is 1.15 bits per heavy atom. The maximum Gasteiger partial charge on any atom is 0.249 e. The van der Waals surface area contributed by atoms with Gasteiger partial charge in [-0.05, 0) is 37.1 Å². The number of carbonyl (C=O) groups is 1. The van der Waals surface area contributed by atoms with Crippen molar-refractivity contribution in [2.75, 3.05) is 6.79 Å². The zero-order valence-corrected chi connectivity index (χ0v) is 14.8. The Morgan fingerprint density at radius 2 is 1.96 bits per heavy atom. The molecule has 7 heteroatoms. The Bertz CT molecular complexity index is 939. The summed E-state index contributed by atoms with van der Waals surface area (Å²) in [6.45, 7) is 2.03. The number of aromatic nitrogens is 2. The van der Waals surface area contributed by atoms with Gasteiger partial charge in [-0.15, -0.1) is 0 Å². The number of nitrogens with one attached hydrogen (secondary N) is 1. The third-order valence-corrected chi connectivity index (χ3v) is 4.30. The summed E-state index contributed by atoms with van der Waals surface area (Å²) in [6.07, 6.45) is 1.09. The number of rotatable bonds is 6. The third kappa shape index (κ3) is 3.92. The van der Waals surface area contributed by atoms with Gasteiger partial charge in [-0.2, -0.15) is 4.98 Å². The van der Waals surface area contributed by atoms with Crippen LogP contribution in [0.4, 0.5) is 0 Å². The number of ether oxygens (including phenoxy) is 2. The van der Waals surface area contributed by atoms with Gasteiger partial charge in [0.15, 0.2) is 11.5 Å². The molecule has 0 saturated heterocycles. The minimum atomic E-state index is -0.372. The first-order valence-electron chi connectivity index (χ1n) is 8.76. The van der Waals surface area contributed by atoms with Crippen molar-refractivity contribution in [3.8, 4) is 22.9 Å². The molecule has 1 aromatic heterocycles. The van der Waals surface area contributed by atoms with Gasteiger partial charge < -0.3 is 19.3 Å². The number of carbonyl (C=O) groups excluding carboxylic acids is 1. The van der Waals surface area contributed by atoms with Crippen molar-refractivity contribution in [1.29, 1.82) is 0 Å². The average molecular weight is 365 g/mol. The summed E-state index contributed by atoms with van der Waals surface area (Å²) in [6, 6.07) is 15.0.